The molecule has 0 saturated carbocycles. The van der Waals surface area contributed by atoms with Crippen molar-refractivity contribution < 1.29 is 4.79 Å². The number of benzene rings is 2. The molecule has 0 radical (unpaired) electrons. The van der Waals surface area contributed by atoms with Crippen molar-refractivity contribution in [3.8, 4) is 11.1 Å². The van der Waals surface area contributed by atoms with Crippen LogP contribution in [-0.4, -0.2) is 5.91 Å². The van der Waals surface area contributed by atoms with Crippen LogP contribution in [0.25, 0.3) is 17.2 Å². The van der Waals surface area contributed by atoms with Gasteiger partial charge in [0.1, 0.15) is 0 Å². The predicted molar refractivity (Wildman–Crippen MR) is 89.9 cm³/mol. The molecule has 0 saturated heterocycles. The minimum Gasteiger partial charge on any atom is -0.366 e. The minimum atomic E-state index is -0.326. The zero-order chi connectivity index (χ0) is 15.4. The molecule has 2 aromatic rings. The number of hydrogen-bond acceptors (Lipinski definition) is 1. The Balaban J connectivity index is 2.03. The molecule has 0 fully saturated rings. The Kier molecular flexibility index (Phi) is 2.77. The molecule has 0 aromatic heterocycles. The molecule has 4 rings (SSSR count). The number of hydrogen-bond donors (Lipinski definition) is 1. The molecule has 22 heavy (non-hydrogen) atoms. The fourth-order valence-electron chi connectivity index (χ4n) is 3.86. The van der Waals surface area contributed by atoms with Crippen LogP contribution in [0.2, 0.25) is 0 Å². The smallest absolute Gasteiger partial charge is 0.248 e. The lowest BCUT2D eigenvalue weighted by atomic mass is 9.77. The number of primary amides is 1. The molecule has 1 amide bonds. The molecular formula is C20H19NO. The largest absolute Gasteiger partial charge is 0.366 e. The van der Waals surface area contributed by atoms with E-state index in [1.165, 1.54) is 39.0 Å². The Morgan fingerprint density at radius 1 is 1.14 bits per heavy atom. The number of amides is 1. The van der Waals surface area contributed by atoms with Crippen LogP contribution in [-0.2, 0) is 19.3 Å². The molecule has 0 bridgehead atoms. The van der Waals surface area contributed by atoms with E-state index in [2.05, 4.69) is 31.2 Å². The van der Waals surface area contributed by atoms with Crippen molar-refractivity contribution in [2.75, 3.05) is 0 Å². The van der Waals surface area contributed by atoms with E-state index < -0.39 is 0 Å². The number of aryl methyl sites for hydroxylation is 1. The minimum absolute atomic E-state index is 0.326. The highest BCUT2D eigenvalue weighted by atomic mass is 16.1. The van der Waals surface area contributed by atoms with Gasteiger partial charge in [0.2, 0.25) is 5.91 Å². The molecule has 0 unspecified atom stereocenters. The summed E-state index contributed by atoms with van der Waals surface area (Å²) in [7, 11) is 0. The summed E-state index contributed by atoms with van der Waals surface area (Å²) in [5.74, 6) is -0.326. The summed E-state index contributed by atoms with van der Waals surface area (Å²) < 4.78 is 0. The maximum absolute atomic E-state index is 11.8. The fraction of sp³-hybridized carbons (Fsp3) is 0.250. The second-order valence-electron chi connectivity index (χ2n) is 6.47. The Morgan fingerprint density at radius 3 is 2.64 bits per heavy atom. The highest BCUT2D eigenvalue weighted by Gasteiger charge is 2.26. The maximum Gasteiger partial charge on any atom is 0.248 e. The molecule has 2 aliphatic carbocycles. The molecule has 110 valence electrons. The van der Waals surface area contributed by atoms with Gasteiger partial charge in [-0.05, 0) is 78.1 Å². The molecule has 0 heterocycles. The first-order valence-corrected chi connectivity index (χ1v) is 7.81. The lowest BCUT2D eigenvalue weighted by Gasteiger charge is -2.27. The summed E-state index contributed by atoms with van der Waals surface area (Å²) in [4.78, 5) is 11.8. The SMILES string of the molecule is CC1=Cc2c(cccc2-c2c(C)c(C(N)=O)cc3c2CC3)C1. The van der Waals surface area contributed by atoms with Crippen LogP contribution >= 0.6 is 0 Å². The summed E-state index contributed by atoms with van der Waals surface area (Å²) in [6.07, 6.45) is 5.45. The van der Waals surface area contributed by atoms with Gasteiger partial charge < -0.3 is 5.73 Å². The predicted octanol–water partition coefficient (Wildman–Crippen LogP) is 3.82. The van der Waals surface area contributed by atoms with E-state index in [1.54, 1.807) is 0 Å². The van der Waals surface area contributed by atoms with Gasteiger partial charge >= 0.3 is 0 Å². The van der Waals surface area contributed by atoms with Crippen molar-refractivity contribution in [3.05, 3.63) is 63.2 Å². The molecule has 2 heteroatoms. The van der Waals surface area contributed by atoms with Gasteiger partial charge in [-0.15, -0.1) is 0 Å². The van der Waals surface area contributed by atoms with Crippen molar-refractivity contribution >= 4 is 12.0 Å². The molecule has 2 N–H and O–H groups in total. The van der Waals surface area contributed by atoms with Crippen LogP contribution in [0.4, 0.5) is 0 Å². The number of fused-ring (bicyclic) bond motifs is 2. The second kappa shape index (κ2) is 4.57. The van der Waals surface area contributed by atoms with E-state index in [4.69, 9.17) is 5.73 Å². The van der Waals surface area contributed by atoms with E-state index in [-0.39, 0.29) is 5.91 Å². The van der Waals surface area contributed by atoms with Crippen molar-refractivity contribution in [2.45, 2.75) is 33.1 Å². The molecule has 0 atom stereocenters. The summed E-state index contributed by atoms with van der Waals surface area (Å²) >= 11 is 0. The average molecular weight is 289 g/mol. The van der Waals surface area contributed by atoms with Gasteiger partial charge in [-0.1, -0.05) is 29.8 Å². The van der Waals surface area contributed by atoms with Gasteiger partial charge in [0.25, 0.3) is 0 Å². The number of allylic oxidation sites excluding steroid dienone is 1. The molecular weight excluding hydrogens is 270 g/mol. The van der Waals surface area contributed by atoms with Crippen molar-refractivity contribution in [2.24, 2.45) is 5.73 Å². The lowest BCUT2D eigenvalue weighted by Crippen LogP contribution is -2.19. The number of nitrogens with two attached hydrogens (primary N) is 1. The highest BCUT2D eigenvalue weighted by Crippen LogP contribution is 2.42. The third-order valence-electron chi connectivity index (χ3n) is 5.02. The van der Waals surface area contributed by atoms with Crippen molar-refractivity contribution in [3.63, 3.8) is 0 Å². The topological polar surface area (TPSA) is 43.1 Å². The maximum atomic E-state index is 11.8. The lowest BCUT2D eigenvalue weighted by molar-refractivity contribution is 0.0999. The van der Waals surface area contributed by atoms with Crippen LogP contribution in [0.5, 0.6) is 0 Å². The zero-order valence-corrected chi connectivity index (χ0v) is 13.0. The fourth-order valence-corrected chi connectivity index (χ4v) is 3.86. The van der Waals surface area contributed by atoms with Gasteiger partial charge in [0.15, 0.2) is 0 Å². The van der Waals surface area contributed by atoms with Crippen LogP contribution in [0.3, 0.4) is 0 Å². The molecule has 0 aliphatic heterocycles. The summed E-state index contributed by atoms with van der Waals surface area (Å²) in [6, 6.07) is 8.50. The van der Waals surface area contributed by atoms with Crippen molar-refractivity contribution in [1.29, 1.82) is 0 Å². The Hall–Kier alpha value is -2.35. The standard InChI is InChI=1S/C20H19NO/c1-11-8-13-4-3-5-16(18(13)9-11)19-12(2)17(20(21)22)10-14-6-7-15(14)19/h3-5,9-10H,6-8H2,1-2H3,(H2,21,22). The van der Waals surface area contributed by atoms with E-state index in [9.17, 15) is 4.79 Å². The molecule has 2 aromatic carbocycles. The molecule has 2 nitrogen and oxygen atoms in total. The van der Waals surface area contributed by atoms with E-state index in [0.717, 1.165) is 24.8 Å². The van der Waals surface area contributed by atoms with Crippen LogP contribution in [0, 0.1) is 6.92 Å². The molecule has 0 spiro atoms. The van der Waals surface area contributed by atoms with E-state index in [1.807, 2.05) is 13.0 Å². The van der Waals surface area contributed by atoms with Crippen molar-refractivity contribution in [1.82, 2.24) is 0 Å². The monoisotopic (exact) mass is 289 g/mol. The summed E-state index contributed by atoms with van der Waals surface area (Å²) in [5.41, 5.74) is 16.6. The Labute approximate surface area is 130 Å². The average Bonchev–Trinajstić information content (AvgIpc) is 2.82. The van der Waals surface area contributed by atoms with E-state index in [0.29, 0.717) is 5.56 Å². The molecule has 2 aliphatic rings. The van der Waals surface area contributed by atoms with Gasteiger partial charge in [-0.2, -0.15) is 0 Å². The zero-order valence-electron chi connectivity index (χ0n) is 13.0. The van der Waals surface area contributed by atoms with E-state index >= 15 is 0 Å². The second-order valence-corrected chi connectivity index (χ2v) is 6.47. The number of rotatable bonds is 2. The van der Waals surface area contributed by atoms with Gasteiger partial charge in [-0.25, -0.2) is 0 Å². The third kappa shape index (κ3) is 1.77. The van der Waals surface area contributed by atoms with Gasteiger partial charge in [-0.3, -0.25) is 4.79 Å². The quantitative estimate of drug-likeness (QED) is 0.897. The first-order valence-electron chi connectivity index (χ1n) is 7.81. The Morgan fingerprint density at radius 2 is 1.95 bits per heavy atom. The first kappa shape index (κ1) is 13.3. The van der Waals surface area contributed by atoms with Crippen LogP contribution in [0.15, 0.2) is 29.8 Å². The summed E-state index contributed by atoms with van der Waals surface area (Å²) in [5, 5.41) is 0. The number of carbonyl (C=O) groups is 1. The summed E-state index contributed by atoms with van der Waals surface area (Å²) in [6.45, 7) is 4.20. The van der Waals surface area contributed by atoms with Crippen LogP contribution in [0.1, 0.15) is 45.1 Å². The highest BCUT2D eigenvalue weighted by molar-refractivity contribution is 5.98. The van der Waals surface area contributed by atoms with Gasteiger partial charge in [0, 0.05) is 5.56 Å². The third-order valence-corrected chi connectivity index (χ3v) is 5.02. The normalized spacial score (nSPS) is 14.9. The van der Waals surface area contributed by atoms with Gasteiger partial charge in [0.05, 0.1) is 0 Å². The van der Waals surface area contributed by atoms with Crippen LogP contribution < -0.4 is 5.73 Å². The number of carbonyl (C=O) groups excluding carboxylic acids is 1. The first-order chi connectivity index (χ1) is 10.6. The Bertz CT molecular complexity index is 858.